The van der Waals surface area contributed by atoms with Crippen molar-refractivity contribution in [3.05, 3.63) is 35.8 Å². The maximum absolute atomic E-state index is 11.3. The molecule has 94 valence electrons. The normalized spacial score (nSPS) is 10.3. The summed E-state index contributed by atoms with van der Waals surface area (Å²) < 4.78 is 6.19. The van der Waals surface area contributed by atoms with Crippen LogP contribution in [0.5, 0.6) is 0 Å². The van der Waals surface area contributed by atoms with Crippen LogP contribution in [0, 0.1) is 6.92 Å². The van der Waals surface area contributed by atoms with Gasteiger partial charge < -0.3 is 15.0 Å². The molecule has 0 unspecified atom stereocenters. The molecule has 0 radical (unpaired) electrons. The second kappa shape index (κ2) is 4.82. The summed E-state index contributed by atoms with van der Waals surface area (Å²) in [5.74, 6) is -0.300. The van der Waals surface area contributed by atoms with Crippen molar-refractivity contribution in [2.75, 3.05) is 12.8 Å². The zero-order valence-electron chi connectivity index (χ0n) is 10.1. The number of nitrogens with zero attached hydrogens (tertiary/aromatic N) is 4. The molecule has 2 aromatic rings. The summed E-state index contributed by atoms with van der Waals surface area (Å²) >= 11 is 0. The van der Waals surface area contributed by atoms with Crippen LogP contribution in [-0.4, -0.2) is 32.6 Å². The van der Waals surface area contributed by atoms with Gasteiger partial charge in [0.1, 0.15) is 5.82 Å². The number of imidazole rings is 1. The lowest BCUT2D eigenvalue weighted by Crippen LogP contribution is -2.09. The van der Waals surface area contributed by atoms with E-state index < -0.39 is 5.97 Å². The van der Waals surface area contributed by atoms with E-state index in [0.717, 1.165) is 11.4 Å². The highest BCUT2D eigenvalue weighted by Gasteiger charge is 2.16. The van der Waals surface area contributed by atoms with Crippen molar-refractivity contribution in [1.82, 2.24) is 19.5 Å². The molecule has 0 aliphatic carbocycles. The summed E-state index contributed by atoms with van der Waals surface area (Å²) in [4.78, 5) is 23.6. The highest BCUT2D eigenvalue weighted by molar-refractivity contribution is 5.92. The van der Waals surface area contributed by atoms with Crippen molar-refractivity contribution < 1.29 is 9.53 Å². The Morgan fingerprint density at radius 3 is 2.78 bits per heavy atom. The monoisotopic (exact) mass is 247 g/mol. The molecule has 7 nitrogen and oxygen atoms in total. The summed E-state index contributed by atoms with van der Waals surface area (Å²) in [6.07, 6.45) is 4.80. The van der Waals surface area contributed by atoms with Gasteiger partial charge >= 0.3 is 5.97 Å². The van der Waals surface area contributed by atoms with Crippen LogP contribution in [0.2, 0.25) is 0 Å². The molecule has 7 heteroatoms. The number of anilines is 1. The molecule has 0 fully saturated rings. The molecular weight excluding hydrogens is 234 g/mol. The van der Waals surface area contributed by atoms with Gasteiger partial charge in [0, 0.05) is 6.20 Å². The first-order chi connectivity index (χ1) is 8.61. The number of rotatable bonds is 3. The van der Waals surface area contributed by atoms with Crippen molar-refractivity contribution in [3.63, 3.8) is 0 Å². The van der Waals surface area contributed by atoms with Gasteiger partial charge in [-0.3, -0.25) is 9.97 Å². The Morgan fingerprint density at radius 2 is 2.17 bits per heavy atom. The second-order valence-electron chi connectivity index (χ2n) is 3.75. The van der Waals surface area contributed by atoms with E-state index in [1.807, 2.05) is 6.92 Å². The number of carbonyl (C=O) groups excluding carboxylic acids is 1. The van der Waals surface area contributed by atoms with Crippen LogP contribution >= 0.6 is 0 Å². The standard InChI is InChI=1S/C11H13N5O2/c1-7-3-14-8(4-13-7)5-16-6-15-9(10(16)12)11(17)18-2/h3-4,6H,5,12H2,1-2H3. The predicted molar refractivity (Wildman–Crippen MR) is 63.8 cm³/mol. The number of hydrogen-bond acceptors (Lipinski definition) is 6. The number of hydrogen-bond donors (Lipinski definition) is 1. The van der Waals surface area contributed by atoms with Gasteiger partial charge in [-0.15, -0.1) is 0 Å². The van der Waals surface area contributed by atoms with Gasteiger partial charge in [-0.05, 0) is 6.92 Å². The smallest absolute Gasteiger partial charge is 0.360 e. The molecule has 18 heavy (non-hydrogen) atoms. The molecule has 0 bridgehead atoms. The largest absolute Gasteiger partial charge is 0.464 e. The third-order valence-electron chi connectivity index (χ3n) is 2.42. The summed E-state index contributed by atoms with van der Waals surface area (Å²) in [7, 11) is 1.28. The van der Waals surface area contributed by atoms with E-state index in [1.165, 1.54) is 13.4 Å². The summed E-state index contributed by atoms with van der Waals surface area (Å²) in [5.41, 5.74) is 7.50. The zero-order valence-corrected chi connectivity index (χ0v) is 10.1. The number of methoxy groups -OCH3 is 1. The van der Waals surface area contributed by atoms with Gasteiger partial charge in [-0.1, -0.05) is 0 Å². The van der Waals surface area contributed by atoms with Gasteiger partial charge in [-0.2, -0.15) is 0 Å². The molecule has 2 aromatic heterocycles. The Kier molecular flexibility index (Phi) is 3.22. The number of nitrogens with two attached hydrogens (primary N) is 1. The second-order valence-corrected chi connectivity index (χ2v) is 3.75. The van der Waals surface area contributed by atoms with Crippen LogP contribution in [-0.2, 0) is 11.3 Å². The van der Waals surface area contributed by atoms with E-state index in [-0.39, 0.29) is 11.5 Å². The summed E-state index contributed by atoms with van der Waals surface area (Å²) in [5, 5.41) is 0. The topological polar surface area (TPSA) is 95.9 Å². The molecular formula is C11H13N5O2. The number of nitrogen functional groups attached to an aromatic ring is 1. The lowest BCUT2D eigenvalue weighted by molar-refractivity contribution is 0.0596. The van der Waals surface area contributed by atoms with Crippen molar-refractivity contribution in [3.8, 4) is 0 Å². The third kappa shape index (κ3) is 2.29. The van der Waals surface area contributed by atoms with E-state index in [2.05, 4.69) is 19.7 Å². The predicted octanol–water partition coefficient (Wildman–Crippen LogP) is 0.399. The van der Waals surface area contributed by atoms with Gasteiger partial charge in [0.05, 0.1) is 37.6 Å². The fourth-order valence-corrected chi connectivity index (χ4v) is 1.45. The van der Waals surface area contributed by atoms with Crippen LogP contribution in [0.15, 0.2) is 18.7 Å². The lowest BCUT2D eigenvalue weighted by atomic mass is 10.4. The maximum Gasteiger partial charge on any atom is 0.360 e. The zero-order chi connectivity index (χ0) is 13.1. The number of ether oxygens (including phenoxy) is 1. The highest BCUT2D eigenvalue weighted by atomic mass is 16.5. The van der Waals surface area contributed by atoms with Crippen LogP contribution in [0.25, 0.3) is 0 Å². The van der Waals surface area contributed by atoms with E-state index in [0.29, 0.717) is 6.54 Å². The lowest BCUT2D eigenvalue weighted by Gasteiger charge is -2.04. The van der Waals surface area contributed by atoms with Crippen LogP contribution in [0.4, 0.5) is 5.82 Å². The molecule has 2 rings (SSSR count). The quantitative estimate of drug-likeness (QED) is 0.788. The third-order valence-corrected chi connectivity index (χ3v) is 2.42. The van der Waals surface area contributed by atoms with E-state index in [9.17, 15) is 4.79 Å². The average Bonchev–Trinajstić information content (AvgIpc) is 2.73. The molecule has 0 aliphatic heterocycles. The van der Waals surface area contributed by atoms with Gasteiger partial charge in [0.25, 0.3) is 0 Å². The summed E-state index contributed by atoms with van der Waals surface area (Å²) in [6, 6.07) is 0. The molecule has 0 amide bonds. The Labute approximate surface area is 104 Å². The fourth-order valence-electron chi connectivity index (χ4n) is 1.45. The minimum absolute atomic E-state index is 0.109. The molecule has 0 saturated heterocycles. The first-order valence-corrected chi connectivity index (χ1v) is 5.28. The summed E-state index contributed by atoms with van der Waals surface area (Å²) in [6.45, 7) is 2.26. The van der Waals surface area contributed by atoms with Gasteiger partial charge in [0.15, 0.2) is 5.69 Å². The molecule has 0 aliphatic rings. The number of aryl methyl sites for hydroxylation is 1. The first-order valence-electron chi connectivity index (χ1n) is 5.28. The molecule has 0 saturated carbocycles. The van der Waals surface area contributed by atoms with Crippen LogP contribution < -0.4 is 5.73 Å². The fraction of sp³-hybridized carbons (Fsp3) is 0.273. The Balaban J connectivity index is 2.22. The van der Waals surface area contributed by atoms with Crippen LogP contribution in [0.3, 0.4) is 0 Å². The molecule has 2 heterocycles. The number of carbonyl (C=O) groups is 1. The minimum atomic E-state index is -0.554. The van der Waals surface area contributed by atoms with Crippen molar-refractivity contribution in [1.29, 1.82) is 0 Å². The molecule has 2 N–H and O–H groups in total. The van der Waals surface area contributed by atoms with E-state index in [4.69, 9.17) is 5.73 Å². The Morgan fingerprint density at radius 1 is 1.39 bits per heavy atom. The highest BCUT2D eigenvalue weighted by Crippen LogP contribution is 2.12. The van der Waals surface area contributed by atoms with Crippen molar-refractivity contribution >= 4 is 11.8 Å². The van der Waals surface area contributed by atoms with Crippen molar-refractivity contribution in [2.45, 2.75) is 13.5 Å². The molecule has 0 spiro atoms. The first kappa shape index (κ1) is 12.0. The van der Waals surface area contributed by atoms with Gasteiger partial charge in [-0.25, -0.2) is 9.78 Å². The van der Waals surface area contributed by atoms with E-state index >= 15 is 0 Å². The Bertz CT molecular complexity index is 561. The van der Waals surface area contributed by atoms with Gasteiger partial charge in [0.2, 0.25) is 0 Å². The maximum atomic E-state index is 11.3. The SMILES string of the molecule is COC(=O)c1ncn(Cc2cnc(C)cn2)c1N. The number of esters is 1. The molecule has 0 atom stereocenters. The average molecular weight is 247 g/mol. The molecule has 0 aromatic carbocycles. The van der Waals surface area contributed by atoms with Crippen molar-refractivity contribution in [2.24, 2.45) is 0 Å². The minimum Gasteiger partial charge on any atom is -0.464 e. The Hall–Kier alpha value is -2.44. The van der Waals surface area contributed by atoms with E-state index in [1.54, 1.807) is 17.0 Å². The number of aromatic nitrogens is 4. The van der Waals surface area contributed by atoms with Crippen LogP contribution in [0.1, 0.15) is 21.9 Å².